The van der Waals surface area contributed by atoms with E-state index in [4.69, 9.17) is 50.1 Å². The van der Waals surface area contributed by atoms with Crippen LogP contribution in [0.5, 0.6) is 5.75 Å². The Kier molecular flexibility index (Phi) is 8.95. The van der Waals surface area contributed by atoms with Crippen LogP contribution >= 0.6 is 62.5 Å². The Labute approximate surface area is 252 Å². The Balaban J connectivity index is 1.56. The van der Waals surface area contributed by atoms with Gasteiger partial charge in [-0.1, -0.05) is 62.9 Å². The van der Waals surface area contributed by atoms with Gasteiger partial charge in [0.15, 0.2) is 12.0 Å². The molecule has 10 nitrogen and oxygen atoms in total. The topological polar surface area (TPSA) is 139 Å². The number of β-lactam (4-membered cyclic amide) rings is 1. The van der Waals surface area contributed by atoms with Gasteiger partial charge in [0.2, 0.25) is 3.79 Å². The van der Waals surface area contributed by atoms with Crippen molar-refractivity contribution >= 4 is 86.2 Å². The summed E-state index contributed by atoms with van der Waals surface area (Å²) in [4.78, 5) is 54.5. The maximum absolute atomic E-state index is 13.7. The minimum absolute atomic E-state index is 0.0526. The number of hydrazine groups is 1. The number of esters is 2. The summed E-state index contributed by atoms with van der Waals surface area (Å²) >= 11 is 21.8. The molecule has 1 aromatic carbocycles. The fourth-order valence-electron chi connectivity index (χ4n) is 4.70. The number of thioether (sulfide) groups is 1. The molecule has 214 valence electrons. The number of phenolic OH excluding ortho intramolecular Hbond substituents is 1. The molecule has 2 heterocycles. The number of aromatic hydroxyl groups is 1. The van der Waals surface area contributed by atoms with E-state index in [-0.39, 0.29) is 23.3 Å². The Morgan fingerprint density at radius 1 is 1.28 bits per heavy atom. The lowest BCUT2D eigenvalue weighted by atomic mass is 9.93. The van der Waals surface area contributed by atoms with Gasteiger partial charge in [-0.15, -0.1) is 11.8 Å². The molecular weight excluding hydrogens is 661 g/mol. The van der Waals surface area contributed by atoms with E-state index in [0.29, 0.717) is 5.33 Å². The van der Waals surface area contributed by atoms with E-state index in [1.54, 1.807) is 13.8 Å². The number of nitrogens with zero attached hydrogens (tertiary/aromatic N) is 2. The Morgan fingerprint density at radius 2 is 1.90 bits per heavy atom. The predicted molar refractivity (Wildman–Crippen MR) is 149 cm³/mol. The van der Waals surface area contributed by atoms with E-state index in [0.717, 1.165) is 17.9 Å². The standard InChI is InChI=1S/C24H27BrCl3N3O7S/c1-11(12-3-4-12)38-21(35)15(13-5-7-14(32)8-6-13)18(33)31(29)16-19(34)30-17(22(36)37-10-24(26,27)28)23(2,9-25)39-20(16)30/h5-8,11-12,15-17,20,32H,3-4,9-10,29H2,1-2H3/t11?,15?,16?,17?,20-,23?/m1/s1. The second-order valence-corrected chi connectivity index (χ2v) is 14.7. The minimum Gasteiger partial charge on any atom is -0.508 e. The van der Waals surface area contributed by atoms with Crippen molar-refractivity contribution in [3.05, 3.63) is 29.8 Å². The lowest BCUT2D eigenvalue weighted by Crippen LogP contribution is -2.73. The molecule has 2 amide bonds. The van der Waals surface area contributed by atoms with Crippen LogP contribution in [0.1, 0.15) is 38.2 Å². The zero-order valence-electron chi connectivity index (χ0n) is 20.9. The lowest BCUT2D eigenvalue weighted by molar-refractivity contribution is -0.172. The van der Waals surface area contributed by atoms with Gasteiger partial charge in [-0.25, -0.2) is 10.6 Å². The van der Waals surface area contributed by atoms with Crippen LogP contribution in [-0.2, 0) is 28.7 Å². The number of benzene rings is 1. The van der Waals surface area contributed by atoms with Crippen LogP contribution < -0.4 is 5.84 Å². The van der Waals surface area contributed by atoms with Crippen molar-refractivity contribution in [1.29, 1.82) is 0 Å². The summed E-state index contributed by atoms with van der Waals surface area (Å²) in [7, 11) is 0. The summed E-state index contributed by atoms with van der Waals surface area (Å²) < 4.78 is 8.08. The van der Waals surface area contributed by atoms with E-state index in [1.165, 1.54) is 40.9 Å². The highest BCUT2D eigenvalue weighted by Gasteiger charge is 2.67. The maximum atomic E-state index is 13.7. The monoisotopic (exact) mass is 685 g/mol. The predicted octanol–water partition coefficient (Wildman–Crippen LogP) is 3.24. The number of nitrogens with two attached hydrogens (primary N) is 1. The first kappa shape index (κ1) is 30.5. The SMILES string of the molecule is CC(OC(=O)C(C(=O)N(N)C1C(=O)N2C(C(=O)OCC(Cl)(Cl)Cl)C(C)(CBr)S[C@H]12)c1ccc(O)cc1)C1CC1. The summed E-state index contributed by atoms with van der Waals surface area (Å²) in [5.74, 6) is 1.94. The molecule has 0 bridgehead atoms. The van der Waals surface area contributed by atoms with Crippen LogP contribution in [0.25, 0.3) is 0 Å². The van der Waals surface area contributed by atoms with Crippen molar-refractivity contribution in [2.45, 2.75) is 64.7 Å². The highest BCUT2D eigenvalue weighted by Crippen LogP contribution is 2.53. The maximum Gasteiger partial charge on any atom is 0.330 e. The number of ether oxygens (including phenoxy) is 2. The highest BCUT2D eigenvalue weighted by molar-refractivity contribution is 9.09. The molecule has 2 saturated heterocycles. The molecular formula is C24H27BrCl3N3O7S. The van der Waals surface area contributed by atoms with Crippen LogP contribution in [0.15, 0.2) is 24.3 Å². The molecule has 3 N–H and O–H groups in total. The van der Waals surface area contributed by atoms with Crippen molar-refractivity contribution in [3.8, 4) is 5.75 Å². The Hall–Kier alpha value is -1.44. The summed E-state index contributed by atoms with van der Waals surface area (Å²) in [5.41, 5.74) is 0.252. The van der Waals surface area contributed by atoms with Gasteiger partial charge in [0.05, 0.1) is 4.75 Å². The molecule has 2 aliphatic heterocycles. The quantitative estimate of drug-likeness (QED) is 0.0762. The van der Waals surface area contributed by atoms with Crippen molar-refractivity contribution in [2.24, 2.45) is 11.8 Å². The molecule has 1 aliphatic carbocycles. The second-order valence-electron chi connectivity index (χ2n) is 10.0. The zero-order chi connectivity index (χ0) is 28.9. The number of carbonyl (C=O) groups is 4. The number of alkyl halides is 4. The first-order valence-corrected chi connectivity index (χ1v) is 15.2. The van der Waals surface area contributed by atoms with Gasteiger partial charge in [0, 0.05) is 5.33 Å². The van der Waals surface area contributed by atoms with Crippen molar-refractivity contribution < 1.29 is 33.8 Å². The van der Waals surface area contributed by atoms with Crippen molar-refractivity contribution in [1.82, 2.24) is 9.91 Å². The summed E-state index contributed by atoms with van der Waals surface area (Å²) in [6.07, 6.45) is 1.47. The minimum atomic E-state index is -1.83. The molecule has 6 atom stereocenters. The summed E-state index contributed by atoms with van der Waals surface area (Å²) in [6, 6.07) is 3.33. The third-order valence-corrected chi connectivity index (χ3v) is 10.5. The van der Waals surface area contributed by atoms with Crippen LogP contribution in [0.3, 0.4) is 0 Å². The van der Waals surface area contributed by atoms with E-state index >= 15 is 0 Å². The number of hydrogen-bond donors (Lipinski definition) is 2. The van der Waals surface area contributed by atoms with Crippen molar-refractivity contribution in [2.75, 3.05) is 11.9 Å². The van der Waals surface area contributed by atoms with E-state index in [2.05, 4.69) is 15.9 Å². The largest absolute Gasteiger partial charge is 0.508 e. The van der Waals surface area contributed by atoms with E-state index < -0.39 is 62.3 Å². The molecule has 0 aromatic heterocycles. The summed E-state index contributed by atoms with van der Waals surface area (Å²) in [5, 5.41) is 10.0. The third kappa shape index (κ3) is 6.25. The molecule has 0 spiro atoms. The summed E-state index contributed by atoms with van der Waals surface area (Å²) in [6.45, 7) is 3.01. The number of halogens is 4. The average molecular weight is 688 g/mol. The van der Waals surface area contributed by atoms with Crippen LogP contribution in [0.4, 0.5) is 0 Å². The molecule has 3 aliphatic rings. The molecule has 1 aromatic rings. The molecule has 0 radical (unpaired) electrons. The van der Waals surface area contributed by atoms with Gasteiger partial charge in [0.1, 0.15) is 29.9 Å². The number of carbonyl (C=O) groups excluding carboxylic acids is 4. The second kappa shape index (κ2) is 11.4. The van der Waals surface area contributed by atoms with Gasteiger partial charge >= 0.3 is 11.9 Å². The molecule has 5 unspecified atom stereocenters. The van der Waals surface area contributed by atoms with E-state index in [9.17, 15) is 24.3 Å². The molecule has 3 fully saturated rings. The Bertz CT molecular complexity index is 1150. The van der Waals surface area contributed by atoms with Gasteiger partial charge in [0.25, 0.3) is 11.8 Å². The molecule has 1 saturated carbocycles. The fraction of sp³-hybridized carbons (Fsp3) is 0.583. The number of rotatable bonds is 9. The first-order valence-electron chi connectivity index (χ1n) is 12.0. The third-order valence-electron chi connectivity index (χ3n) is 7.02. The number of amides is 2. The molecule has 4 rings (SSSR count). The van der Waals surface area contributed by atoms with Gasteiger partial charge in [-0.05, 0) is 50.3 Å². The number of fused-ring (bicyclic) bond motifs is 1. The van der Waals surface area contributed by atoms with Gasteiger partial charge in [-0.3, -0.25) is 19.4 Å². The molecule has 15 heteroatoms. The lowest BCUT2D eigenvalue weighted by Gasteiger charge is -2.47. The van der Waals surface area contributed by atoms with E-state index in [1.807, 2.05) is 0 Å². The van der Waals surface area contributed by atoms with Crippen LogP contribution in [0, 0.1) is 5.92 Å². The average Bonchev–Trinajstić information content (AvgIpc) is 3.68. The molecule has 39 heavy (non-hydrogen) atoms. The number of phenols is 1. The fourth-order valence-corrected chi connectivity index (χ4v) is 7.24. The first-order chi connectivity index (χ1) is 18.2. The zero-order valence-corrected chi connectivity index (χ0v) is 25.6. The van der Waals surface area contributed by atoms with Crippen molar-refractivity contribution in [3.63, 3.8) is 0 Å². The number of hydrogen-bond acceptors (Lipinski definition) is 9. The van der Waals surface area contributed by atoms with Gasteiger partial charge in [-0.2, -0.15) is 0 Å². The normalized spacial score (nSPS) is 27.7. The smallest absolute Gasteiger partial charge is 0.330 e. The van der Waals surface area contributed by atoms with Crippen LogP contribution in [-0.4, -0.2) is 82.8 Å². The highest BCUT2D eigenvalue weighted by atomic mass is 79.9. The Morgan fingerprint density at radius 3 is 2.44 bits per heavy atom. The van der Waals surface area contributed by atoms with Crippen LogP contribution in [0.2, 0.25) is 0 Å². The van der Waals surface area contributed by atoms with Gasteiger partial charge < -0.3 is 19.5 Å².